The lowest BCUT2D eigenvalue weighted by Gasteiger charge is -2.15. The number of rotatable bonds is 3. The Bertz CT molecular complexity index is 797. The second-order valence-electron chi connectivity index (χ2n) is 4.56. The number of aromatic carboxylic acids is 2. The molecular formula is C15H8F4O4. The van der Waals surface area contributed by atoms with Crippen molar-refractivity contribution in [3.05, 3.63) is 58.9 Å². The molecule has 8 heteroatoms. The van der Waals surface area contributed by atoms with Crippen molar-refractivity contribution >= 4 is 11.9 Å². The van der Waals surface area contributed by atoms with Crippen LogP contribution in [0.25, 0.3) is 11.1 Å². The lowest BCUT2D eigenvalue weighted by atomic mass is 9.93. The van der Waals surface area contributed by atoms with Gasteiger partial charge in [-0.15, -0.1) is 0 Å². The van der Waals surface area contributed by atoms with E-state index in [4.69, 9.17) is 10.2 Å². The van der Waals surface area contributed by atoms with Gasteiger partial charge in [-0.1, -0.05) is 0 Å². The molecule has 2 aromatic rings. The number of carbonyl (C=O) groups is 2. The molecule has 23 heavy (non-hydrogen) atoms. The Morgan fingerprint density at radius 2 is 1.52 bits per heavy atom. The van der Waals surface area contributed by atoms with Gasteiger partial charge in [-0.25, -0.2) is 14.0 Å². The average Bonchev–Trinajstić information content (AvgIpc) is 2.45. The van der Waals surface area contributed by atoms with Crippen molar-refractivity contribution in [3.8, 4) is 11.1 Å². The van der Waals surface area contributed by atoms with Gasteiger partial charge in [0.2, 0.25) is 0 Å². The summed E-state index contributed by atoms with van der Waals surface area (Å²) in [4.78, 5) is 22.1. The van der Waals surface area contributed by atoms with E-state index < -0.39 is 51.7 Å². The lowest BCUT2D eigenvalue weighted by Crippen LogP contribution is -2.10. The zero-order valence-electron chi connectivity index (χ0n) is 11.2. The van der Waals surface area contributed by atoms with Crippen LogP contribution in [0.4, 0.5) is 17.6 Å². The summed E-state index contributed by atoms with van der Waals surface area (Å²) in [7, 11) is 0. The maximum Gasteiger partial charge on any atom is 0.417 e. The highest BCUT2D eigenvalue weighted by molar-refractivity contribution is 5.98. The summed E-state index contributed by atoms with van der Waals surface area (Å²) >= 11 is 0. The Hall–Kier alpha value is -2.90. The molecule has 0 unspecified atom stereocenters. The fourth-order valence-corrected chi connectivity index (χ4v) is 2.07. The molecule has 0 bridgehead atoms. The molecule has 0 aromatic heterocycles. The molecule has 0 aliphatic carbocycles. The van der Waals surface area contributed by atoms with Gasteiger partial charge >= 0.3 is 18.1 Å². The van der Waals surface area contributed by atoms with E-state index in [-0.39, 0.29) is 0 Å². The highest BCUT2D eigenvalue weighted by Crippen LogP contribution is 2.39. The van der Waals surface area contributed by atoms with Crippen molar-refractivity contribution in [2.75, 3.05) is 0 Å². The van der Waals surface area contributed by atoms with E-state index in [1.807, 2.05) is 0 Å². The Morgan fingerprint density at radius 3 is 2.04 bits per heavy atom. The largest absolute Gasteiger partial charge is 0.478 e. The van der Waals surface area contributed by atoms with Gasteiger partial charge < -0.3 is 10.2 Å². The van der Waals surface area contributed by atoms with Crippen LogP contribution in [-0.2, 0) is 6.18 Å². The summed E-state index contributed by atoms with van der Waals surface area (Å²) in [5, 5.41) is 18.0. The molecule has 2 N–H and O–H groups in total. The summed E-state index contributed by atoms with van der Waals surface area (Å²) in [5.41, 5.74) is -3.56. The first-order chi connectivity index (χ1) is 10.6. The molecule has 2 rings (SSSR count). The van der Waals surface area contributed by atoms with Crippen LogP contribution in [0.2, 0.25) is 0 Å². The quantitative estimate of drug-likeness (QED) is 0.838. The van der Waals surface area contributed by atoms with E-state index in [1.165, 1.54) is 0 Å². The zero-order chi connectivity index (χ0) is 17.4. The van der Waals surface area contributed by atoms with Crippen LogP contribution in [0.15, 0.2) is 36.4 Å². The molecule has 0 spiro atoms. The van der Waals surface area contributed by atoms with Gasteiger partial charge in [-0.2, -0.15) is 13.2 Å². The standard InChI is InChI=1S/C15H8F4O4/c16-8-2-3-9(14(22)23)10(6-8)11-5-7(13(20)21)1-4-12(11)15(17,18)19/h1-6H,(H,20,21)(H,22,23). The van der Waals surface area contributed by atoms with Crippen LogP contribution in [0.5, 0.6) is 0 Å². The molecule has 4 nitrogen and oxygen atoms in total. The topological polar surface area (TPSA) is 74.6 Å². The lowest BCUT2D eigenvalue weighted by molar-refractivity contribution is -0.137. The van der Waals surface area contributed by atoms with E-state index in [0.29, 0.717) is 18.2 Å². The van der Waals surface area contributed by atoms with Crippen LogP contribution in [0.1, 0.15) is 26.3 Å². The van der Waals surface area contributed by atoms with Crippen molar-refractivity contribution in [3.63, 3.8) is 0 Å². The van der Waals surface area contributed by atoms with Gasteiger partial charge in [-0.05, 0) is 47.5 Å². The van der Waals surface area contributed by atoms with E-state index in [0.717, 1.165) is 18.2 Å². The monoisotopic (exact) mass is 328 g/mol. The fraction of sp³-hybridized carbons (Fsp3) is 0.0667. The van der Waals surface area contributed by atoms with E-state index in [1.54, 1.807) is 0 Å². The number of hydrogen-bond acceptors (Lipinski definition) is 2. The predicted octanol–water partition coefficient (Wildman–Crippen LogP) is 3.91. The molecule has 0 fully saturated rings. The molecule has 0 radical (unpaired) electrons. The first-order valence-electron chi connectivity index (χ1n) is 6.09. The van der Waals surface area contributed by atoms with Gasteiger partial charge in [0.25, 0.3) is 0 Å². The number of hydrogen-bond donors (Lipinski definition) is 2. The minimum Gasteiger partial charge on any atom is -0.478 e. The van der Waals surface area contributed by atoms with Crippen molar-refractivity contribution in [1.29, 1.82) is 0 Å². The maximum absolute atomic E-state index is 13.4. The van der Waals surface area contributed by atoms with E-state index >= 15 is 0 Å². The third-order valence-electron chi connectivity index (χ3n) is 3.07. The molecule has 0 aliphatic heterocycles. The fourth-order valence-electron chi connectivity index (χ4n) is 2.07. The Kier molecular flexibility index (Phi) is 4.09. The van der Waals surface area contributed by atoms with Gasteiger partial charge in [0.05, 0.1) is 16.7 Å². The van der Waals surface area contributed by atoms with Crippen molar-refractivity contribution in [2.45, 2.75) is 6.18 Å². The second kappa shape index (κ2) is 5.71. The zero-order valence-corrected chi connectivity index (χ0v) is 11.2. The summed E-state index contributed by atoms with van der Waals surface area (Å²) < 4.78 is 52.7. The Balaban J connectivity index is 2.85. The number of alkyl halides is 3. The first-order valence-corrected chi connectivity index (χ1v) is 6.09. The molecule has 120 valence electrons. The van der Waals surface area contributed by atoms with Crippen LogP contribution in [0.3, 0.4) is 0 Å². The number of halogens is 4. The number of carboxylic acid groups (broad SMARTS) is 2. The van der Waals surface area contributed by atoms with Crippen LogP contribution >= 0.6 is 0 Å². The molecule has 2 aromatic carbocycles. The molecule has 0 heterocycles. The molecule has 0 aliphatic rings. The molecule has 0 saturated carbocycles. The van der Waals surface area contributed by atoms with Crippen molar-refractivity contribution < 1.29 is 37.4 Å². The minimum absolute atomic E-state index is 0.478. The maximum atomic E-state index is 13.4. The first kappa shape index (κ1) is 16.5. The second-order valence-corrected chi connectivity index (χ2v) is 4.56. The summed E-state index contributed by atoms with van der Waals surface area (Å²) in [5.74, 6) is -4.00. The molecule has 0 atom stereocenters. The highest BCUT2D eigenvalue weighted by Gasteiger charge is 2.35. The van der Waals surface area contributed by atoms with Gasteiger partial charge in [0, 0.05) is 0 Å². The summed E-state index contributed by atoms with van der Waals surface area (Å²) in [6.07, 6.45) is -4.87. The van der Waals surface area contributed by atoms with Gasteiger partial charge in [-0.3, -0.25) is 0 Å². The number of carboxylic acids is 2. The molecular weight excluding hydrogens is 320 g/mol. The third-order valence-corrected chi connectivity index (χ3v) is 3.07. The van der Waals surface area contributed by atoms with Gasteiger partial charge in [0.1, 0.15) is 5.82 Å². The van der Waals surface area contributed by atoms with Crippen LogP contribution in [-0.4, -0.2) is 22.2 Å². The molecule has 0 saturated heterocycles. The van der Waals surface area contributed by atoms with E-state index in [9.17, 15) is 27.2 Å². The van der Waals surface area contributed by atoms with E-state index in [2.05, 4.69) is 0 Å². The summed E-state index contributed by atoms with van der Waals surface area (Å²) in [6.45, 7) is 0. The van der Waals surface area contributed by atoms with Gasteiger partial charge in [0.15, 0.2) is 0 Å². The van der Waals surface area contributed by atoms with Crippen molar-refractivity contribution in [1.82, 2.24) is 0 Å². The van der Waals surface area contributed by atoms with Crippen molar-refractivity contribution in [2.24, 2.45) is 0 Å². The Morgan fingerprint density at radius 1 is 0.870 bits per heavy atom. The normalized spacial score (nSPS) is 11.3. The van der Waals surface area contributed by atoms with Crippen LogP contribution < -0.4 is 0 Å². The highest BCUT2D eigenvalue weighted by atomic mass is 19.4. The SMILES string of the molecule is O=C(O)c1ccc(C(F)(F)F)c(-c2cc(F)ccc2C(=O)O)c1. The summed E-state index contributed by atoms with van der Waals surface area (Å²) in [6, 6.07) is 4.18. The predicted molar refractivity (Wildman–Crippen MR) is 70.8 cm³/mol. The average molecular weight is 328 g/mol. The number of benzene rings is 2. The minimum atomic E-state index is -4.87. The Labute approximate surface area is 126 Å². The molecule has 0 amide bonds. The third kappa shape index (κ3) is 3.31. The van der Waals surface area contributed by atoms with Crippen LogP contribution in [0, 0.1) is 5.82 Å². The smallest absolute Gasteiger partial charge is 0.417 e.